The largest absolute Gasteiger partial charge is 0.392 e. The van der Waals surface area contributed by atoms with Gasteiger partial charge in [-0.25, -0.2) is 18.1 Å². The summed E-state index contributed by atoms with van der Waals surface area (Å²) in [4.78, 5) is 4.88. The maximum Gasteiger partial charge on any atom is 0.242 e. The molecule has 5 nitrogen and oxygen atoms in total. The highest BCUT2D eigenvalue weighted by Gasteiger charge is 2.19. The number of benzene rings is 1. The number of hydrogen-bond donors (Lipinski definition) is 2. The highest BCUT2D eigenvalue weighted by molar-refractivity contribution is 7.89. The summed E-state index contributed by atoms with van der Waals surface area (Å²) in [5.41, 5.74) is 2.95. The van der Waals surface area contributed by atoms with Gasteiger partial charge < -0.3 is 5.11 Å². The monoisotopic (exact) mass is 332 g/mol. The Labute approximate surface area is 126 Å². The maximum atomic E-state index is 12.2. The van der Waals surface area contributed by atoms with Gasteiger partial charge in [0.1, 0.15) is 4.90 Å². The molecule has 0 aliphatic carbocycles. The number of nitrogens with zero attached hydrogens (tertiary/aromatic N) is 1. The number of sulfonamides is 1. The summed E-state index contributed by atoms with van der Waals surface area (Å²) in [6, 6.07) is 4.40. The lowest BCUT2D eigenvalue weighted by atomic mass is 10.2. The summed E-state index contributed by atoms with van der Waals surface area (Å²) in [7, 11) is -3.73. The molecule has 1 heterocycles. The molecule has 0 radical (unpaired) electrons. The molecule has 0 saturated heterocycles. The third kappa shape index (κ3) is 3.36. The van der Waals surface area contributed by atoms with Crippen molar-refractivity contribution in [1.82, 2.24) is 9.71 Å². The Bertz CT molecular complexity index is 713. The molecule has 2 aromatic rings. The van der Waals surface area contributed by atoms with E-state index in [9.17, 15) is 8.42 Å². The standard InChI is InChI=1S/C12H13ClN2O3S2/c1-8-11(19-7-14-8)5-15-20(17,18)12-4-9(6-16)2-3-10(12)13/h2-4,7,15-16H,5-6H2,1H3. The van der Waals surface area contributed by atoms with Crippen LogP contribution in [0.25, 0.3) is 0 Å². The van der Waals surface area contributed by atoms with Crippen LogP contribution in [-0.2, 0) is 23.2 Å². The number of halogens is 1. The van der Waals surface area contributed by atoms with E-state index in [-0.39, 0.29) is 23.1 Å². The fraction of sp³-hybridized carbons (Fsp3) is 0.250. The zero-order valence-corrected chi connectivity index (χ0v) is 13.0. The molecular weight excluding hydrogens is 320 g/mol. The summed E-state index contributed by atoms with van der Waals surface area (Å²) < 4.78 is 27.0. The zero-order valence-electron chi connectivity index (χ0n) is 10.6. The smallest absolute Gasteiger partial charge is 0.242 e. The highest BCUT2D eigenvalue weighted by atomic mass is 35.5. The van der Waals surface area contributed by atoms with Crippen LogP contribution in [0.15, 0.2) is 28.6 Å². The van der Waals surface area contributed by atoms with Crippen molar-refractivity contribution in [3.63, 3.8) is 0 Å². The average molecular weight is 333 g/mol. The lowest BCUT2D eigenvalue weighted by molar-refractivity contribution is 0.281. The highest BCUT2D eigenvalue weighted by Crippen LogP contribution is 2.23. The van der Waals surface area contributed by atoms with Crippen LogP contribution < -0.4 is 4.72 Å². The fourth-order valence-electron chi connectivity index (χ4n) is 1.59. The first kappa shape index (κ1) is 15.4. The Morgan fingerprint density at radius 3 is 2.80 bits per heavy atom. The first-order chi connectivity index (χ1) is 9.44. The van der Waals surface area contributed by atoms with Gasteiger partial charge in [0.25, 0.3) is 0 Å². The molecule has 0 unspecified atom stereocenters. The first-order valence-electron chi connectivity index (χ1n) is 5.72. The van der Waals surface area contributed by atoms with Gasteiger partial charge in [0, 0.05) is 11.4 Å². The van der Waals surface area contributed by atoms with Crippen molar-refractivity contribution < 1.29 is 13.5 Å². The van der Waals surface area contributed by atoms with Crippen LogP contribution in [0.2, 0.25) is 5.02 Å². The molecule has 0 bridgehead atoms. The summed E-state index contributed by atoms with van der Waals surface area (Å²) in [5, 5.41) is 9.19. The molecule has 20 heavy (non-hydrogen) atoms. The second kappa shape index (κ2) is 6.19. The minimum Gasteiger partial charge on any atom is -0.392 e. The molecule has 2 N–H and O–H groups in total. The van der Waals surface area contributed by atoms with Crippen LogP contribution in [0, 0.1) is 6.92 Å². The number of thiazole rings is 1. The van der Waals surface area contributed by atoms with Gasteiger partial charge in [0.15, 0.2) is 0 Å². The van der Waals surface area contributed by atoms with Crippen LogP contribution in [0.5, 0.6) is 0 Å². The lowest BCUT2D eigenvalue weighted by Crippen LogP contribution is -2.23. The molecule has 0 spiro atoms. The lowest BCUT2D eigenvalue weighted by Gasteiger charge is -2.09. The van der Waals surface area contributed by atoms with Crippen molar-refractivity contribution in [2.24, 2.45) is 0 Å². The summed E-state index contributed by atoms with van der Waals surface area (Å²) in [6.45, 7) is 1.74. The Balaban J connectivity index is 2.24. The van der Waals surface area contributed by atoms with E-state index in [4.69, 9.17) is 16.7 Å². The Hall–Kier alpha value is -0.990. The van der Waals surface area contributed by atoms with Crippen LogP contribution >= 0.6 is 22.9 Å². The van der Waals surface area contributed by atoms with Crippen molar-refractivity contribution in [3.05, 3.63) is 44.9 Å². The van der Waals surface area contributed by atoms with E-state index in [1.165, 1.54) is 23.5 Å². The predicted molar refractivity (Wildman–Crippen MR) is 78.3 cm³/mol. The summed E-state index contributed by atoms with van der Waals surface area (Å²) in [5.74, 6) is 0. The zero-order chi connectivity index (χ0) is 14.8. The molecule has 0 aliphatic heterocycles. The van der Waals surface area contributed by atoms with Crippen molar-refractivity contribution >= 4 is 33.0 Å². The van der Waals surface area contributed by atoms with Crippen molar-refractivity contribution in [2.75, 3.05) is 0 Å². The minimum atomic E-state index is -3.73. The SMILES string of the molecule is Cc1ncsc1CNS(=O)(=O)c1cc(CO)ccc1Cl. The minimum absolute atomic E-state index is 0.0344. The van der Waals surface area contributed by atoms with E-state index in [1.54, 1.807) is 11.6 Å². The third-order valence-electron chi connectivity index (χ3n) is 2.74. The van der Waals surface area contributed by atoms with Gasteiger partial charge in [-0.15, -0.1) is 11.3 Å². The molecule has 1 aromatic heterocycles. The van der Waals surface area contributed by atoms with Crippen LogP contribution in [0.3, 0.4) is 0 Å². The van der Waals surface area contributed by atoms with Crippen molar-refractivity contribution in [1.29, 1.82) is 0 Å². The van der Waals surface area contributed by atoms with E-state index in [0.717, 1.165) is 10.6 Å². The molecule has 0 amide bonds. The molecule has 0 aliphatic rings. The van der Waals surface area contributed by atoms with E-state index in [2.05, 4.69) is 9.71 Å². The second-order valence-electron chi connectivity index (χ2n) is 4.11. The Morgan fingerprint density at radius 2 is 2.20 bits per heavy atom. The van der Waals surface area contributed by atoms with Crippen LogP contribution in [-0.4, -0.2) is 18.5 Å². The molecule has 0 saturated carbocycles. The Morgan fingerprint density at radius 1 is 1.45 bits per heavy atom. The van der Waals surface area contributed by atoms with Gasteiger partial charge in [-0.1, -0.05) is 17.7 Å². The molecule has 8 heteroatoms. The molecule has 2 rings (SSSR count). The first-order valence-corrected chi connectivity index (χ1v) is 8.46. The van der Waals surface area contributed by atoms with Gasteiger partial charge in [0.2, 0.25) is 10.0 Å². The number of nitrogens with one attached hydrogen (secondary N) is 1. The number of aliphatic hydroxyl groups excluding tert-OH is 1. The number of rotatable bonds is 5. The van der Waals surface area contributed by atoms with E-state index < -0.39 is 10.0 Å². The van der Waals surface area contributed by atoms with Crippen molar-refractivity contribution in [2.45, 2.75) is 25.0 Å². The third-order valence-corrected chi connectivity index (χ3v) is 5.55. The predicted octanol–water partition coefficient (Wildman–Crippen LogP) is 2.08. The number of aromatic nitrogens is 1. The summed E-state index contributed by atoms with van der Waals surface area (Å²) >= 11 is 7.31. The fourth-order valence-corrected chi connectivity index (χ4v) is 3.94. The number of aryl methyl sites for hydroxylation is 1. The second-order valence-corrected chi connectivity index (χ2v) is 7.19. The van der Waals surface area contributed by atoms with Crippen molar-refractivity contribution in [3.8, 4) is 0 Å². The molecule has 108 valence electrons. The van der Waals surface area contributed by atoms with Gasteiger partial charge in [0.05, 0.1) is 22.8 Å². The molecule has 1 aromatic carbocycles. The molecular formula is C12H13ClN2O3S2. The topological polar surface area (TPSA) is 79.3 Å². The average Bonchev–Trinajstić information content (AvgIpc) is 2.82. The quantitative estimate of drug-likeness (QED) is 0.878. The number of aliphatic hydroxyl groups is 1. The van der Waals surface area contributed by atoms with Gasteiger partial charge in [-0.3, -0.25) is 0 Å². The van der Waals surface area contributed by atoms with Crippen LogP contribution in [0.1, 0.15) is 16.1 Å². The number of hydrogen-bond acceptors (Lipinski definition) is 5. The van der Waals surface area contributed by atoms with Gasteiger partial charge in [-0.05, 0) is 24.6 Å². The van der Waals surface area contributed by atoms with Crippen LogP contribution in [0.4, 0.5) is 0 Å². The van der Waals surface area contributed by atoms with E-state index >= 15 is 0 Å². The van der Waals surface area contributed by atoms with E-state index in [1.807, 2.05) is 6.92 Å². The Kier molecular flexibility index (Phi) is 4.77. The van der Waals surface area contributed by atoms with Gasteiger partial charge >= 0.3 is 0 Å². The molecule has 0 atom stereocenters. The van der Waals surface area contributed by atoms with E-state index in [0.29, 0.717) is 5.56 Å². The van der Waals surface area contributed by atoms with Gasteiger partial charge in [-0.2, -0.15) is 0 Å². The molecule has 0 fully saturated rings. The normalized spacial score (nSPS) is 11.8. The maximum absolute atomic E-state index is 12.2. The summed E-state index contributed by atoms with van der Waals surface area (Å²) in [6.07, 6.45) is 0.